The highest BCUT2D eigenvalue weighted by molar-refractivity contribution is 7.99. The van der Waals surface area contributed by atoms with Crippen molar-refractivity contribution in [2.24, 2.45) is 0 Å². The van der Waals surface area contributed by atoms with E-state index in [-0.39, 0.29) is 10.6 Å². The minimum absolute atomic E-state index is 0.0788. The summed E-state index contributed by atoms with van der Waals surface area (Å²) in [5, 5.41) is 14.8. The van der Waals surface area contributed by atoms with Crippen LogP contribution in [0.3, 0.4) is 0 Å². The van der Waals surface area contributed by atoms with Gasteiger partial charge in [-0.05, 0) is 23.7 Å². The second-order valence-corrected chi connectivity index (χ2v) is 5.61. The zero-order chi connectivity index (χ0) is 14.3. The van der Waals surface area contributed by atoms with Gasteiger partial charge in [0, 0.05) is 7.05 Å². The lowest BCUT2D eigenvalue weighted by Gasteiger charge is -2.03. The van der Waals surface area contributed by atoms with Gasteiger partial charge in [0.15, 0.2) is 0 Å². The van der Waals surface area contributed by atoms with E-state index in [4.69, 9.17) is 0 Å². The van der Waals surface area contributed by atoms with E-state index in [1.165, 1.54) is 18.8 Å². The summed E-state index contributed by atoms with van der Waals surface area (Å²) in [5.41, 5.74) is 0.0788. The van der Waals surface area contributed by atoms with Crippen LogP contribution in [0.2, 0.25) is 0 Å². The van der Waals surface area contributed by atoms with Crippen LogP contribution in [0.15, 0.2) is 5.03 Å². The number of aromatic nitrogens is 1. The average molecular weight is 303 g/mol. The molecule has 8 heteroatoms. The van der Waals surface area contributed by atoms with Gasteiger partial charge in [-0.25, -0.2) is 9.59 Å². The molecule has 1 aromatic rings. The van der Waals surface area contributed by atoms with Crippen molar-refractivity contribution in [3.05, 3.63) is 5.56 Å². The fourth-order valence-electron chi connectivity index (χ4n) is 1.33. The number of carbonyl (C=O) groups is 2. The van der Waals surface area contributed by atoms with Gasteiger partial charge in [-0.1, -0.05) is 19.8 Å². The number of amides is 2. The Morgan fingerprint density at radius 1 is 1.42 bits per heavy atom. The standard InChI is InChI=1S/C11H17N3O3S2/c1-3-4-5-6-18-9-7(10(15)16)8(19-14-9)13-11(17)12-2/h3-6H2,1-2H3,(H,15,16)(H2,12,13,17). The third-order valence-electron chi connectivity index (χ3n) is 2.32. The van der Waals surface area contributed by atoms with Crippen molar-refractivity contribution < 1.29 is 14.7 Å². The van der Waals surface area contributed by atoms with Gasteiger partial charge in [0.05, 0.1) is 0 Å². The van der Waals surface area contributed by atoms with Gasteiger partial charge in [0.1, 0.15) is 15.6 Å². The van der Waals surface area contributed by atoms with E-state index < -0.39 is 12.0 Å². The second-order valence-electron chi connectivity index (χ2n) is 3.76. The summed E-state index contributed by atoms with van der Waals surface area (Å²) in [7, 11) is 1.47. The normalized spacial score (nSPS) is 10.2. The zero-order valence-electron chi connectivity index (χ0n) is 10.9. The molecule has 0 bridgehead atoms. The fourth-order valence-corrected chi connectivity index (χ4v) is 3.28. The lowest BCUT2D eigenvalue weighted by molar-refractivity contribution is 0.0694. The predicted octanol–water partition coefficient (Wildman–Crippen LogP) is 2.87. The minimum atomic E-state index is -1.07. The van der Waals surface area contributed by atoms with Crippen molar-refractivity contribution in [2.75, 3.05) is 18.1 Å². The van der Waals surface area contributed by atoms with Gasteiger partial charge in [-0.3, -0.25) is 5.32 Å². The van der Waals surface area contributed by atoms with E-state index in [1.807, 2.05) is 0 Å². The van der Waals surface area contributed by atoms with E-state index in [0.29, 0.717) is 5.03 Å². The Bertz CT molecular complexity index is 448. The van der Waals surface area contributed by atoms with Crippen molar-refractivity contribution in [3.8, 4) is 0 Å². The van der Waals surface area contributed by atoms with Crippen molar-refractivity contribution >= 4 is 40.3 Å². The van der Waals surface area contributed by atoms with E-state index in [1.54, 1.807) is 0 Å². The molecule has 19 heavy (non-hydrogen) atoms. The van der Waals surface area contributed by atoms with E-state index >= 15 is 0 Å². The largest absolute Gasteiger partial charge is 0.477 e. The number of nitrogens with one attached hydrogen (secondary N) is 2. The number of aromatic carboxylic acids is 1. The Kier molecular flexibility index (Phi) is 6.65. The molecule has 1 aromatic heterocycles. The Balaban J connectivity index is 2.76. The molecule has 2 amide bonds. The zero-order valence-corrected chi connectivity index (χ0v) is 12.5. The van der Waals surface area contributed by atoms with Crippen LogP contribution >= 0.6 is 23.3 Å². The van der Waals surface area contributed by atoms with Gasteiger partial charge in [0.25, 0.3) is 0 Å². The van der Waals surface area contributed by atoms with Crippen LogP contribution < -0.4 is 10.6 Å². The van der Waals surface area contributed by atoms with Crippen LogP contribution in [0.1, 0.15) is 36.5 Å². The van der Waals surface area contributed by atoms with Gasteiger partial charge >= 0.3 is 12.0 Å². The number of unbranched alkanes of at least 4 members (excludes halogenated alkanes) is 2. The lowest BCUT2D eigenvalue weighted by atomic mass is 10.3. The molecule has 0 aromatic carbocycles. The molecule has 0 radical (unpaired) electrons. The Morgan fingerprint density at radius 3 is 2.74 bits per heavy atom. The number of hydrogen-bond acceptors (Lipinski definition) is 5. The molecule has 0 aliphatic heterocycles. The SMILES string of the molecule is CCCCCSc1nsc(NC(=O)NC)c1C(=O)O. The minimum Gasteiger partial charge on any atom is -0.477 e. The fraction of sp³-hybridized carbons (Fsp3) is 0.545. The first-order valence-corrected chi connectivity index (χ1v) is 7.70. The molecule has 0 saturated carbocycles. The highest BCUT2D eigenvalue weighted by atomic mass is 32.2. The summed E-state index contributed by atoms with van der Waals surface area (Å²) in [6.07, 6.45) is 3.26. The van der Waals surface area contributed by atoms with Crippen LogP contribution in [0.5, 0.6) is 0 Å². The maximum atomic E-state index is 11.2. The monoisotopic (exact) mass is 303 g/mol. The van der Waals surface area contributed by atoms with Gasteiger partial charge in [-0.2, -0.15) is 4.37 Å². The molecule has 0 aliphatic carbocycles. The number of urea groups is 1. The maximum absolute atomic E-state index is 11.2. The Labute approximate surface area is 120 Å². The van der Waals surface area contributed by atoms with Crippen LogP contribution in [0.4, 0.5) is 9.80 Å². The van der Waals surface area contributed by atoms with E-state index in [9.17, 15) is 14.7 Å². The Hall–Kier alpha value is -1.28. The second kappa shape index (κ2) is 8.00. The van der Waals surface area contributed by atoms with Gasteiger partial charge in [0.2, 0.25) is 0 Å². The number of carbonyl (C=O) groups excluding carboxylic acids is 1. The lowest BCUT2D eigenvalue weighted by Crippen LogP contribution is -2.24. The highest BCUT2D eigenvalue weighted by Gasteiger charge is 2.21. The maximum Gasteiger partial charge on any atom is 0.341 e. The molecule has 0 spiro atoms. The molecule has 3 N–H and O–H groups in total. The number of nitrogens with zero attached hydrogens (tertiary/aromatic N) is 1. The van der Waals surface area contributed by atoms with Gasteiger partial charge in [-0.15, -0.1) is 11.8 Å². The summed E-state index contributed by atoms with van der Waals surface area (Å²) in [5.74, 6) is -0.241. The number of rotatable bonds is 7. The molecule has 0 aliphatic rings. The van der Waals surface area contributed by atoms with Crippen LogP contribution in [-0.2, 0) is 0 Å². The number of hydrogen-bond donors (Lipinski definition) is 3. The highest BCUT2D eigenvalue weighted by Crippen LogP contribution is 2.32. The van der Waals surface area contributed by atoms with Crippen LogP contribution in [0, 0.1) is 0 Å². The van der Waals surface area contributed by atoms with Crippen LogP contribution in [0.25, 0.3) is 0 Å². The Morgan fingerprint density at radius 2 is 2.16 bits per heavy atom. The molecular formula is C11H17N3O3S2. The van der Waals surface area contributed by atoms with E-state index in [2.05, 4.69) is 21.9 Å². The number of carboxylic acid groups (broad SMARTS) is 1. The molecule has 6 nitrogen and oxygen atoms in total. The predicted molar refractivity (Wildman–Crippen MR) is 77.4 cm³/mol. The molecule has 0 atom stereocenters. The van der Waals surface area contributed by atoms with E-state index in [0.717, 1.165) is 36.5 Å². The summed E-state index contributed by atoms with van der Waals surface area (Å²) in [6, 6.07) is -0.450. The molecule has 1 rings (SSSR count). The summed E-state index contributed by atoms with van der Waals surface area (Å²) >= 11 is 2.41. The van der Waals surface area contributed by atoms with Gasteiger partial charge < -0.3 is 10.4 Å². The van der Waals surface area contributed by atoms with Crippen molar-refractivity contribution in [1.29, 1.82) is 0 Å². The third-order valence-corrected chi connectivity index (χ3v) is 4.26. The first kappa shape index (κ1) is 15.8. The molecular weight excluding hydrogens is 286 g/mol. The third kappa shape index (κ3) is 4.71. The summed E-state index contributed by atoms with van der Waals surface area (Å²) in [6.45, 7) is 2.11. The summed E-state index contributed by atoms with van der Waals surface area (Å²) < 4.78 is 4.10. The van der Waals surface area contributed by atoms with Crippen molar-refractivity contribution in [2.45, 2.75) is 31.2 Å². The van der Waals surface area contributed by atoms with Crippen molar-refractivity contribution in [3.63, 3.8) is 0 Å². The molecule has 0 fully saturated rings. The van der Waals surface area contributed by atoms with Crippen LogP contribution in [-0.4, -0.2) is 34.3 Å². The molecule has 106 valence electrons. The molecule has 0 unspecified atom stereocenters. The molecule has 1 heterocycles. The first-order valence-electron chi connectivity index (χ1n) is 5.94. The quantitative estimate of drug-likeness (QED) is 0.532. The first-order chi connectivity index (χ1) is 9.10. The topological polar surface area (TPSA) is 91.3 Å². The summed E-state index contributed by atoms with van der Waals surface area (Å²) in [4.78, 5) is 22.5. The number of thioether (sulfide) groups is 1. The smallest absolute Gasteiger partial charge is 0.341 e. The van der Waals surface area contributed by atoms with Crippen molar-refractivity contribution in [1.82, 2.24) is 9.69 Å². The molecule has 0 saturated heterocycles. The number of anilines is 1. The average Bonchev–Trinajstić information content (AvgIpc) is 2.77. The number of carboxylic acids is 1.